The molecule has 24 heavy (non-hydrogen) atoms. The molecule has 0 atom stereocenters. The molecule has 0 aromatic heterocycles. The number of carbonyl (C=O) groups is 1. The second-order valence-electron chi connectivity index (χ2n) is 6.07. The van der Waals surface area contributed by atoms with Crippen molar-refractivity contribution in [2.75, 3.05) is 19.0 Å². The van der Waals surface area contributed by atoms with Crippen molar-refractivity contribution in [1.29, 1.82) is 0 Å². The highest BCUT2D eigenvalue weighted by atomic mass is 32.2. The van der Waals surface area contributed by atoms with Crippen LogP contribution in [0, 0.1) is 0 Å². The molecule has 2 aliphatic rings. The van der Waals surface area contributed by atoms with Crippen molar-refractivity contribution in [1.82, 2.24) is 4.72 Å². The zero-order valence-electron chi connectivity index (χ0n) is 13.4. The number of benzene rings is 1. The van der Waals surface area contributed by atoms with E-state index in [9.17, 15) is 13.2 Å². The Kier molecular flexibility index (Phi) is 4.66. The van der Waals surface area contributed by atoms with Gasteiger partial charge in [0.05, 0.1) is 12.8 Å². The molecule has 1 fully saturated rings. The smallest absolute Gasteiger partial charge is 0.262 e. The summed E-state index contributed by atoms with van der Waals surface area (Å²) in [5, 5.41) is 2.63. The van der Waals surface area contributed by atoms with E-state index in [-0.39, 0.29) is 35.2 Å². The Morgan fingerprint density at radius 1 is 1.29 bits per heavy atom. The first-order chi connectivity index (χ1) is 11.4. The summed E-state index contributed by atoms with van der Waals surface area (Å²) in [4.78, 5) is 11.4. The summed E-state index contributed by atoms with van der Waals surface area (Å²) in [7, 11) is -2.39. The van der Waals surface area contributed by atoms with Crippen molar-refractivity contribution >= 4 is 21.6 Å². The van der Waals surface area contributed by atoms with E-state index in [0.717, 1.165) is 12.8 Å². The maximum atomic E-state index is 12.7. The van der Waals surface area contributed by atoms with E-state index < -0.39 is 10.0 Å². The first kappa shape index (κ1) is 17.0. The fourth-order valence-electron chi connectivity index (χ4n) is 2.98. The third-order valence-corrected chi connectivity index (χ3v) is 5.82. The van der Waals surface area contributed by atoms with E-state index in [0.29, 0.717) is 24.3 Å². The Labute approximate surface area is 140 Å². The standard InChI is InChI=1S/C15H21N3O5S/c1-22-13-6-11-12(23-8-15(19)17-11)7-14(13)24(20,21)18-10-4-2-9(16)3-5-10/h6-7,9-10,18H,2-5,8,16H2,1H3,(H,17,19). The lowest BCUT2D eigenvalue weighted by molar-refractivity contribution is -0.118. The molecule has 1 aliphatic heterocycles. The minimum atomic E-state index is -3.78. The van der Waals surface area contributed by atoms with E-state index in [1.165, 1.54) is 19.2 Å². The molecule has 9 heteroatoms. The van der Waals surface area contributed by atoms with Crippen molar-refractivity contribution in [2.24, 2.45) is 5.73 Å². The van der Waals surface area contributed by atoms with E-state index in [1.54, 1.807) is 0 Å². The molecule has 1 heterocycles. The van der Waals surface area contributed by atoms with E-state index >= 15 is 0 Å². The maximum absolute atomic E-state index is 12.7. The number of anilines is 1. The van der Waals surface area contributed by atoms with Crippen LogP contribution in [0.1, 0.15) is 25.7 Å². The van der Waals surface area contributed by atoms with Gasteiger partial charge < -0.3 is 20.5 Å². The van der Waals surface area contributed by atoms with Crippen molar-refractivity contribution in [3.05, 3.63) is 12.1 Å². The highest BCUT2D eigenvalue weighted by Crippen LogP contribution is 2.37. The number of carbonyl (C=O) groups excluding carboxylic acids is 1. The number of amides is 1. The van der Waals surface area contributed by atoms with E-state index in [1.807, 2.05) is 0 Å². The van der Waals surface area contributed by atoms with Gasteiger partial charge in [0.15, 0.2) is 6.61 Å². The van der Waals surface area contributed by atoms with Gasteiger partial charge in [0.2, 0.25) is 10.0 Å². The molecule has 0 saturated heterocycles. The van der Waals surface area contributed by atoms with Crippen molar-refractivity contribution in [3.8, 4) is 11.5 Å². The zero-order chi connectivity index (χ0) is 17.3. The fourth-order valence-corrected chi connectivity index (χ4v) is 4.45. The molecule has 0 bridgehead atoms. The minimum Gasteiger partial charge on any atom is -0.495 e. The van der Waals surface area contributed by atoms with Gasteiger partial charge in [-0.05, 0) is 25.7 Å². The van der Waals surface area contributed by atoms with Crippen LogP contribution in [-0.2, 0) is 14.8 Å². The molecule has 0 unspecified atom stereocenters. The molecule has 4 N–H and O–H groups in total. The van der Waals surface area contributed by atoms with Crippen LogP contribution in [0.2, 0.25) is 0 Å². The van der Waals surface area contributed by atoms with Gasteiger partial charge in [-0.2, -0.15) is 0 Å². The Morgan fingerprint density at radius 3 is 2.67 bits per heavy atom. The number of rotatable bonds is 4. The molecule has 3 rings (SSSR count). The first-order valence-electron chi connectivity index (χ1n) is 7.81. The highest BCUT2D eigenvalue weighted by Gasteiger charge is 2.29. The summed E-state index contributed by atoms with van der Waals surface area (Å²) in [6.45, 7) is -0.146. The number of ether oxygens (including phenoxy) is 2. The largest absolute Gasteiger partial charge is 0.495 e. The van der Waals surface area contributed by atoms with Crippen LogP contribution >= 0.6 is 0 Å². The Hall–Kier alpha value is -1.84. The Balaban J connectivity index is 1.88. The highest BCUT2D eigenvalue weighted by molar-refractivity contribution is 7.89. The van der Waals surface area contributed by atoms with Crippen LogP contribution in [0.3, 0.4) is 0 Å². The topological polar surface area (TPSA) is 120 Å². The summed E-state index contributed by atoms with van der Waals surface area (Å²) in [5.74, 6) is 0.165. The predicted octanol–water partition coefficient (Wildman–Crippen LogP) is 0.574. The van der Waals surface area contributed by atoms with Gasteiger partial charge in [0.1, 0.15) is 16.4 Å². The van der Waals surface area contributed by atoms with Crippen LogP contribution in [0.5, 0.6) is 11.5 Å². The van der Waals surface area contributed by atoms with Crippen molar-refractivity contribution in [3.63, 3.8) is 0 Å². The molecule has 0 spiro atoms. The zero-order valence-corrected chi connectivity index (χ0v) is 14.2. The summed E-state index contributed by atoms with van der Waals surface area (Å²) in [5.41, 5.74) is 6.25. The first-order valence-corrected chi connectivity index (χ1v) is 9.30. The molecular formula is C15H21N3O5S. The van der Waals surface area contributed by atoms with Gasteiger partial charge >= 0.3 is 0 Å². The van der Waals surface area contributed by atoms with Crippen molar-refractivity contribution < 1.29 is 22.7 Å². The van der Waals surface area contributed by atoms with Gasteiger partial charge in [-0.15, -0.1) is 0 Å². The molecule has 1 aliphatic carbocycles. The molecule has 0 radical (unpaired) electrons. The lowest BCUT2D eigenvalue weighted by Gasteiger charge is -2.27. The van der Waals surface area contributed by atoms with Gasteiger partial charge in [0.25, 0.3) is 5.91 Å². The number of sulfonamides is 1. The average Bonchev–Trinajstić information content (AvgIpc) is 2.55. The SMILES string of the molecule is COc1cc2c(cc1S(=O)(=O)NC1CCC(N)CC1)OCC(=O)N2. The number of nitrogens with one attached hydrogen (secondary N) is 2. The number of hydrogen-bond donors (Lipinski definition) is 3. The lowest BCUT2D eigenvalue weighted by Crippen LogP contribution is -2.40. The van der Waals surface area contributed by atoms with Crippen LogP contribution < -0.4 is 25.2 Å². The number of nitrogens with two attached hydrogens (primary N) is 1. The maximum Gasteiger partial charge on any atom is 0.262 e. The second-order valence-corrected chi connectivity index (χ2v) is 7.75. The number of methoxy groups -OCH3 is 1. The van der Waals surface area contributed by atoms with E-state index in [4.69, 9.17) is 15.2 Å². The summed E-state index contributed by atoms with van der Waals surface area (Å²) in [6, 6.07) is 2.83. The summed E-state index contributed by atoms with van der Waals surface area (Å²) in [6.07, 6.45) is 3.01. The quantitative estimate of drug-likeness (QED) is 0.726. The van der Waals surface area contributed by atoms with Gasteiger partial charge in [-0.3, -0.25) is 4.79 Å². The Bertz CT molecular complexity index is 742. The second kappa shape index (κ2) is 6.58. The van der Waals surface area contributed by atoms with Gasteiger partial charge in [-0.1, -0.05) is 0 Å². The third kappa shape index (κ3) is 3.47. The average molecular weight is 355 g/mol. The third-order valence-electron chi connectivity index (χ3n) is 4.28. The summed E-state index contributed by atoms with van der Waals surface area (Å²) < 4.78 is 38.7. The van der Waals surface area contributed by atoms with Gasteiger partial charge in [0, 0.05) is 24.2 Å². The van der Waals surface area contributed by atoms with E-state index in [2.05, 4.69) is 10.0 Å². The molecule has 1 saturated carbocycles. The monoisotopic (exact) mass is 355 g/mol. The van der Waals surface area contributed by atoms with Crippen LogP contribution in [-0.4, -0.2) is 40.1 Å². The Morgan fingerprint density at radius 2 is 2.00 bits per heavy atom. The predicted molar refractivity (Wildman–Crippen MR) is 87.7 cm³/mol. The number of fused-ring (bicyclic) bond motifs is 1. The molecular weight excluding hydrogens is 334 g/mol. The molecule has 1 aromatic rings. The van der Waals surface area contributed by atoms with Crippen molar-refractivity contribution in [2.45, 2.75) is 42.7 Å². The van der Waals surface area contributed by atoms with Crippen LogP contribution in [0.25, 0.3) is 0 Å². The minimum absolute atomic E-state index is 0.00484. The van der Waals surface area contributed by atoms with Crippen LogP contribution in [0.4, 0.5) is 5.69 Å². The summed E-state index contributed by atoms with van der Waals surface area (Å²) >= 11 is 0. The van der Waals surface area contributed by atoms with Gasteiger partial charge in [-0.25, -0.2) is 13.1 Å². The number of hydrogen-bond acceptors (Lipinski definition) is 6. The molecule has 1 amide bonds. The van der Waals surface area contributed by atoms with Crippen LogP contribution in [0.15, 0.2) is 17.0 Å². The molecule has 8 nitrogen and oxygen atoms in total. The normalized spacial score (nSPS) is 23.8. The molecule has 132 valence electrons. The molecule has 1 aromatic carbocycles. The fraction of sp³-hybridized carbons (Fsp3) is 0.533. The lowest BCUT2D eigenvalue weighted by atomic mass is 9.93.